The molecule has 4 nitrogen and oxygen atoms in total. The Morgan fingerprint density at radius 3 is 2.50 bits per heavy atom. The van der Waals surface area contributed by atoms with E-state index in [9.17, 15) is 9.59 Å². The minimum Gasteiger partial charge on any atom is -0.465 e. The highest BCUT2D eigenvalue weighted by Crippen LogP contribution is 2.32. The molecule has 2 atom stereocenters. The fourth-order valence-electron chi connectivity index (χ4n) is 3.06. The van der Waals surface area contributed by atoms with Crippen LogP contribution in [0.1, 0.15) is 40.0 Å². The lowest BCUT2D eigenvalue weighted by Gasteiger charge is -2.31. The first-order valence-electron chi connectivity index (χ1n) is 6.88. The third-order valence-electron chi connectivity index (χ3n) is 4.10. The number of hydrogen-bond donors (Lipinski definition) is 0. The number of ether oxygens (including phenoxy) is 1. The van der Waals surface area contributed by atoms with E-state index in [1.807, 2.05) is 4.90 Å². The van der Waals surface area contributed by atoms with Gasteiger partial charge in [-0.3, -0.25) is 4.79 Å². The molecule has 2 bridgehead atoms. The van der Waals surface area contributed by atoms with Gasteiger partial charge in [0, 0.05) is 11.6 Å². The summed E-state index contributed by atoms with van der Waals surface area (Å²) >= 11 is 0. The van der Waals surface area contributed by atoms with Gasteiger partial charge in [0.15, 0.2) is 0 Å². The van der Waals surface area contributed by atoms with Gasteiger partial charge in [-0.2, -0.15) is 0 Å². The van der Waals surface area contributed by atoms with Gasteiger partial charge in [0.2, 0.25) is 0 Å². The maximum atomic E-state index is 12.6. The second-order valence-electron chi connectivity index (χ2n) is 5.24. The first-order valence-corrected chi connectivity index (χ1v) is 6.88. The smallest absolute Gasteiger partial charge is 0.337 e. The van der Waals surface area contributed by atoms with E-state index in [-0.39, 0.29) is 17.9 Å². The number of benzene rings is 1. The molecule has 2 heterocycles. The minimum absolute atomic E-state index is 0.0539. The standard InChI is InChI=1S/C16H17NO3/c1-20-16(19)12-7-5-11(6-8-12)15(18)17-13-3-2-4-14(17)10-9-13/h2-3,5-8,13-14H,4,9-10H2,1H3/t13-,14-/m0/s1. The highest BCUT2D eigenvalue weighted by Gasteiger charge is 2.37. The molecule has 3 rings (SSSR count). The number of carbonyl (C=O) groups is 2. The van der Waals surface area contributed by atoms with Gasteiger partial charge >= 0.3 is 5.97 Å². The third kappa shape index (κ3) is 2.11. The molecule has 0 aromatic heterocycles. The summed E-state index contributed by atoms with van der Waals surface area (Å²) in [6, 6.07) is 7.25. The molecule has 0 aliphatic carbocycles. The second kappa shape index (κ2) is 5.12. The second-order valence-corrected chi connectivity index (χ2v) is 5.24. The molecule has 0 saturated carbocycles. The number of hydrogen-bond acceptors (Lipinski definition) is 3. The number of carbonyl (C=O) groups excluding carboxylic acids is 2. The Balaban J connectivity index is 1.81. The fourth-order valence-corrected chi connectivity index (χ4v) is 3.06. The zero-order chi connectivity index (χ0) is 14.1. The monoisotopic (exact) mass is 271 g/mol. The summed E-state index contributed by atoms with van der Waals surface area (Å²) in [6.45, 7) is 0. The molecule has 1 aromatic carbocycles. The molecule has 1 fully saturated rings. The van der Waals surface area contributed by atoms with Gasteiger partial charge in [-0.15, -0.1) is 0 Å². The Kier molecular flexibility index (Phi) is 3.30. The van der Waals surface area contributed by atoms with Crippen molar-refractivity contribution in [1.29, 1.82) is 0 Å². The van der Waals surface area contributed by atoms with E-state index in [0.29, 0.717) is 17.2 Å². The Morgan fingerprint density at radius 2 is 1.85 bits per heavy atom. The molecule has 1 amide bonds. The lowest BCUT2D eigenvalue weighted by Crippen LogP contribution is -2.42. The van der Waals surface area contributed by atoms with Crippen molar-refractivity contribution in [2.24, 2.45) is 0 Å². The van der Waals surface area contributed by atoms with Crippen LogP contribution in [0.15, 0.2) is 36.4 Å². The van der Waals surface area contributed by atoms with E-state index in [0.717, 1.165) is 19.3 Å². The molecule has 0 unspecified atom stereocenters. The predicted molar refractivity (Wildman–Crippen MR) is 74.5 cm³/mol. The van der Waals surface area contributed by atoms with E-state index < -0.39 is 0 Å². The van der Waals surface area contributed by atoms with Gasteiger partial charge < -0.3 is 9.64 Å². The summed E-state index contributed by atoms with van der Waals surface area (Å²) in [4.78, 5) is 26.0. The lowest BCUT2D eigenvalue weighted by atomic mass is 10.1. The first kappa shape index (κ1) is 12.9. The van der Waals surface area contributed by atoms with Crippen LogP contribution in [0.25, 0.3) is 0 Å². The number of fused-ring (bicyclic) bond motifs is 2. The SMILES string of the molecule is COC(=O)c1ccc(C(=O)N2[C@H]3CC=C[C@H]2CC3)cc1. The van der Waals surface area contributed by atoms with Gasteiger partial charge in [0.1, 0.15) is 0 Å². The fraction of sp³-hybridized carbons (Fsp3) is 0.375. The van der Waals surface area contributed by atoms with Gasteiger partial charge in [0.25, 0.3) is 5.91 Å². The summed E-state index contributed by atoms with van der Waals surface area (Å²) in [6.07, 6.45) is 7.37. The maximum absolute atomic E-state index is 12.6. The average Bonchev–Trinajstić information content (AvgIpc) is 2.75. The Morgan fingerprint density at radius 1 is 1.15 bits per heavy atom. The van der Waals surface area contributed by atoms with Crippen LogP contribution in [-0.4, -0.2) is 36.0 Å². The molecule has 2 aliphatic rings. The predicted octanol–water partition coefficient (Wildman–Crippen LogP) is 2.41. The van der Waals surface area contributed by atoms with Crippen molar-refractivity contribution < 1.29 is 14.3 Å². The normalized spacial score (nSPS) is 23.8. The number of nitrogens with zero attached hydrogens (tertiary/aromatic N) is 1. The molecular formula is C16H17NO3. The van der Waals surface area contributed by atoms with Crippen molar-refractivity contribution in [3.8, 4) is 0 Å². The number of amides is 1. The molecule has 1 saturated heterocycles. The molecule has 1 aromatic rings. The number of rotatable bonds is 2. The Labute approximate surface area is 118 Å². The Bertz CT molecular complexity index is 562. The van der Waals surface area contributed by atoms with Gasteiger partial charge in [-0.1, -0.05) is 12.2 Å². The van der Waals surface area contributed by atoms with E-state index >= 15 is 0 Å². The Hall–Kier alpha value is -2.10. The van der Waals surface area contributed by atoms with Crippen LogP contribution in [0, 0.1) is 0 Å². The summed E-state index contributed by atoms with van der Waals surface area (Å²) in [5.41, 5.74) is 1.09. The molecule has 4 heteroatoms. The van der Waals surface area contributed by atoms with Crippen molar-refractivity contribution in [2.45, 2.75) is 31.3 Å². The quantitative estimate of drug-likeness (QED) is 0.613. The van der Waals surface area contributed by atoms with Gasteiger partial charge in [-0.05, 0) is 43.5 Å². The van der Waals surface area contributed by atoms with Crippen molar-refractivity contribution >= 4 is 11.9 Å². The zero-order valence-corrected chi connectivity index (χ0v) is 11.4. The number of esters is 1. The maximum Gasteiger partial charge on any atom is 0.337 e. The van der Waals surface area contributed by atoms with Crippen LogP contribution in [-0.2, 0) is 4.74 Å². The van der Waals surface area contributed by atoms with Crippen molar-refractivity contribution in [3.63, 3.8) is 0 Å². The summed E-state index contributed by atoms with van der Waals surface area (Å²) in [5.74, 6) is -0.330. The molecule has 0 N–H and O–H groups in total. The molecule has 0 spiro atoms. The van der Waals surface area contributed by atoms with Gasteiger partial charge in [0.05, 0.1) is 18.7 Å². The molecule has 104 valence electrons. The molecule has 0 radical (unpaired) electrons. The zero-order valence-electron chi connectivity index (χ0n) is 11.4. The topological polar surface area (TPSA) is 46.6 Å². The lowest BCUT2D eigenvalue weighted by molar-refractivity contribution is 0.0599. The van der Waals surface area contributed by atoms with Crippen molar-refractivity contribution in [2.75, 3.05) is 7.11 Å². The van der Waals surface area contributed by atoms with E-state index in [2.05, 4.69) is 16.9 Å². The molecule has 20 heavy (non-hydrogen) atoms. The van der Waals surface area contributed by atoms with Crippen LogP contribution >= 0.6 is 0 Å². The van der Waals surface area contributed by atoms with Crippen LogP contribution in [0.5, 0.6) is 0 Å². The highest BCUT2D eigenvalue weighted by molar-refractivity contribution is 5.96. The summed E-state index contributed by atoms with van der Waals surface area (Å²) in [5, 5.41) is 0. The van der Waals surface area contributed by atoms with Crippen LogP contribution in [0.2, 0.25) is 0 Å². The summed E-state index contributed by atoms with van der Waals surface area (Å²) in [7, 11) is 1.35. The van der Waals surface area contributed by atoms with Crippen molar-refractivity contribution in [1.82, 2.24) is 4.90 Å². The van der Waals surface area contributed by atoms with Crippen LogP contribution in [0.3, 0.4) is 0 Å². The highest BCUT2D eigenvalue weighted by atomic mass is 16.5. The largest absolute Gasteiger partial charge is 0.465 e. The van der Waals surface area contributed by atoms with E-state index in [1.54, 1.807) is 24.3 Å². The van der Waals surface area contributed by atoms with Gasteiger partial charge in [-0.25, -0.2) is 4.79 Å². The van der Waals surface area contributed by atoms with Crippen molar-refractivity contribution in [3.05, 3.63) is 47.5 Å². The average molecular weight is 271 g/mol. The first-order chi connectivity index (χ1) is 9.70. The third-order valence-corrected chi connectivity index (χ3v) is 4.10. The molecular weight excluding hydrogens is 254 g/mol. The summed E-state index contributed by atoms with van der Waals surface area (Å²) < 4.78 is 4.65. The van der Waals surface area contributed by atoms with E-state index in [1.165, 1.54) is 7.11 Å². The molecule has 2 aliphatic heterocycles. The van der Waals surface area contributed by atoms with Crippen LogP contribution in [0.4, 0.5) is 0 Å². The number of methoxy groups -OCH3 is 1. The van der Waals surface area contributed by atoms with E-state index in [4.69, 9.17) is 0 Å². The minimum atomic E-state index is -0.384. The van der Waals surface area contributed by atoms with Crippen LogP contribution < -0.4 is 0 Å².